The second-order valence-corrected chi connectivity index (χ2v) is 5.22. The first kappa shape index (κ1) is 14.3. The summed E-state index contributed by atoms with van der Waals surface area (Å²) in [7, 11) is 0. The van der Waals surface area contributed by atoms with Crippen LogP contribution in [0, 0.1) is 5.82 Å². The lowest BCUT2D eigenvalue weighted by molar-refractivity contribution is 0.199. The summed E-state index contributed by atoms with van der Waals surface area (Å²) in [5.74, 6) is -0.234. The molecule has 1 fully saturated rings. The van der Waals surface area contributed by atoms with Crippen molar-refractivity contribution in [2.45, 2.75) is 26.4 Å². The first-order valence-electron chi connectivity index (χ1n) is 7.06. The fraction of sp³-hybridized carbons (Fsp3) is 0.600. The summed E-state index contributed by atoms with van der Waals surface area (Å²) in [4.78, 5) is 4.51. The van der Waals surface area contributed by atoms with Crippen molar-refractivity contribution in [1.82, 2.24) is 4.90 Å². The van der Waals surface area contributed by atoms with E-state index in [9.17, 15) is 9.50 Å². The van der Waals surface area contributed by atoms with Crippen LogP contribution < -0.4 is 4.90 Å². The molecule has 1 atom stereocenters. The van der Waals surface area contributed by atoms with Crippen molar-refractivity contribution in [3.8, 4) is 0 Å². The summed E-state index contributed by atoms with van der Waals surface area (Å²) < 4.78 is 14.1. The van der Waals surface area contributed by atoms with Crippen LogP contribution in [0.15, 0.2) is 18.2 Å². The molecular formula is C15H23FN2O. The van der Waals surface area contributed by atoms with Gasteiger partial charge in [0.05, 0.1) is 11.8 Å². The molecule has 1 aromatic carbocycles. The number of benzene rings is 1. The average molecular weight is 266 g/mol. The number of nitrogens with zero attached hydrogens (tertiary/aromatic N) is 2. The maximum absolute atomic E-state index is 14.1. The van der Waals surface area contributed by atoms with E-state index >= 15 is 0 Å². The van der Waals surface area contributed by atoms with Gasteiger partial charge in [0.15, 0.2) is 0 Å². The lowest BCUT2D eigenvalue weighted by atomic mass is 10.1. The molecule has 1 aromatic rings. The molecule has 4 heteroatoms. The Kier molecular flexibility index (Phi) is 4.77. The Labute approximate surface area is 114 Å². The molecule has 0 saturated carbocycles. The second-order valence-electron chi connectivity index (χ2n) is 5.22. The topological polar surface area (TPSA) is 26.7 Å². The van der Waals surface area contributed by atoms with Gasteiger partial charge in [0.2, 0.25) is 0 Å². The van der Waals surface area contributed by atoms with Gasteiger partial charge in [-0.2, -0.15) is 0 Å². The highest BCUT2D eigenvalue weighted by molar-refractivity contribution is 5.50. The highest BCUT2D eigenvalue weighted by atomic mass is 19.1. The van der Waals surface area contributed by atoms with Gasteiger partial charge in [-0.25, -0.2) is 4.39 Å². The van der Waals surface area contributed by atoms with Crippen molar-refractivity contribution in [3.05, 3.63) is 29.6 Å². The Morgan fingerprint density at radius 2 is 1.95 bits per heavy atom. The molecule has 0 bridgehead atoms. The highest BCUT2D eigenvalue weighted by Crippen LogP contribution is 2.24. The highest BCUT2D eigenvalue weighted by Gasteiger charge is 2.19. The van der Waals surface area contributed by atoms with E-state index in [1.807, 2.05) is 6.07 Å². The zero-order valence-corrected chi connectivity index (χ0v) is 11.8. The van der Waals surface area contributed by atoms with E-state index in [1.54, 1.807) is 13.0 Å². The molecule has 3 nitrogen and oxygen atoms in total. The maximum atomic E-state index is 14.1. The predicted octanol–water partition coefficient (Wildman–Crippen LogP) is 2.41. The Morgan fingerprint density at radius 3 is 2.47 bits per heavy atom. The van der Waals surface area contributed by atoms with Gasteiger partial charge in [0.25, 0.3) is 0 Å². The van der Waals surface area contributed by atoms with Gasteiger partial charge in [0, 0.05) is 26.2 Å². The third-order valence-electron chi connectivity index (χ3n) is 3.71. The molecule has 1 aliphatic rings. The van der Waals surface area contributed by atoms with E-state index < -0.39 is 6.10 Å². The predicted molar refractivity (Wildman–Crippen MR) is 76.0 cm³/mol. The van der Waals surface area contributed by atoms with Crippen molar-refractivity contribution in [1.29, 1.82) is 0 Å². The lowest BCUT2D eigenvalue weighted by Gasteiger charge is -2.36. The Morgan fingerprint density at radius 1 is 1.26 bits per heavy atom. The van der Waals surface area contributed by atoms with Crippen LogP contribution in [-0.4, -0.2) is 42.7 Å². The van der Waals surface area contributed by atoms with E-state index in [4.69, 9.17) is 0 Å². The van der Waals surface area contributed by atoms with Crippen LogP contribution in [0.25, 0.3) is 0 Å². The molecule has 0 spiro atoms. The SMILES string of the molecule is CCCN1CCN(c2ccc([C@H](C)O)cc2F)CC1. The third-order valence-corrected chi connectivity index (χ3v) is 3.71. The fourth-order valence-electron chi connectivity index (χ4n) is 2.57. The standard InChI is InChI=1S/C15H23FN2O/c1-3-6-17-7-9-18(10-8-17)15-5-4-13(12(2)19)11-14(15)16/h4-5,11-12,19H,3,6-10H2,1-2H3/t12-/m0/s1. The van der Waals surface area contributed by atoms with Crippen LogP contribution in [0.4, 0.5) is 10.1 Å². The first-order chi connectivity index (χ1) is 9.11. The monoisotopic (exact) mass is 266 g/mol. The third kappa shape index (κ3) is 3.45. The number of halogens is 1. The van der Waals surface area contributed by atoms with Crippen molar-refractivity contribution in [2.24, 2.45) is 0 Å². The van der Waals surface area contributed by atoms with Gasteiger partial charge in [-0.3, -0.25) is 4.90 Å². The summed E-state index contributed by atoms with van der Waals surface area (Å²) >= 11 is 0. The van der Waals surface area contributed by atoms with Crippen LogP contribution in [0.2, 0.25) is 0 Å². The van der Waals surface area contributed by atoms with Crippen LogP contribution >= 0.6 is 0 Å². The number of piperazine rings is 1. The molecular weight excluding hydrogens is 243 g/mol. The van der Waals surface area contributed by atoms with Crippen molar-refractivity contribution >= 4 is 5.69 Å². The smallest absolute Gasteiger partial charge is 0.146 e. The van der Waals surface area contributed by atoms with E-state index in [2.05, 4.69) is 16.7 Å². The summed E-state index contributed by atoms with van der Waals surface area (Å²) in [6.45, 7) is 8.67. The lowest BCUT2D eigenvalue weighted by Crippen LogP contribution is -2.46. The summed E-state index contributed by atoms with van der Waals surface area (Å²) in [6.07, 6.45) is 0.544. The molecule has 1 N–H and O–H groups in total. The Balaban J connectivity index is 2.03. The van der Waals surface area contributed by atoms with E-state index in [-0.39, 0.29) is 5.82 Å². The number of aliphatic hydroxyl groups is 1. The minimum Gasteiger partial charge on any atom is -0.389 e. The fourth-order valence-corrected chi connectivity index (χ4v) is 2.57. The largest absolute Gasteiger partial charge is 0.389 e. The number of hydrogen-bond acceptors (Lipinski definition) is 3. The van der Waals surface area contributed by atoms with Crippen LogP contribution in [0.5, 0.6) is 0 Å². The van der Waals surface area contributed by atoms with Gasteiger partial charge >= 0.3 is 0 Å². The summed E-state index contributed by atoms with van der Waals surface area (Å²) in [6, 6.07) is 5.03. The van der Waals surface area contributed by atoms with Crippen LogP contribution in [0.1, 0.15) is 31.9 Å². The number of anilines is 1. The zero-order chi connectivity index (χ0) is 13.8. The summed E-state index contributed by atoms with van der Waals surface area (Å²) in [5, 5.41) is 9.46. The van der Waals surface area contributed by atoms with Gasteiger partial charge in [-0.1, -0.05) is 13.0 Å². The van der Waals surface area contributed by atoms with E-state index in [0.29, 0.717) is 11.3 Å². The minimum atomic E-state index is -0.620. The number of aliphatic hydroxyl groups excluding tert-OH is 1. The van der Waals surface area contributed by atoms with Gasteiger partial charge in [-0.15, -0.1) is 0 Å². The Hall–Kier alpha value is -1.13. The molecule has 106 valence electrons. The van der Waals surface area contributed by atoms with Crippen LogP contribution in [-0.2, 0) is 0 Å². The number of rotatable bonds is 4. The molecule has 0 amide bonds. The zero-order valence-electron chi connectivity index (χ0n) is 11.8. The molecule has 1 aliphatic heterocycles. The molecule has 0 aliphatic carbocycles. The van der Waals surface area contributed by atoms with Crippen molar-refractivity contribution < 1.29 is 9.50 Å². The molecule has 1 saturated heterocycles. The van der Waals surface area contributed by atoms with Gasteiger partial charge in [0.1, 0.15) is 5.82 Å². The molecule has 0 aromatic heterocycles. The average Bonchev–Trinajstić information content (AvgIpc) is 2.40. The molecule has 19 heavy (non-hydrogen) atoms. The Bertz CT molecular complexity index is 415. The van der Waals surface area contributed by atoms with E-state index in [1.165, 1.54) is 6.07 Å². The summed E-state index contributed by atoms with van der Waals surface area (Å²) in [5.41, 5.74) is 1.28. The maximum Gasteiger partial charge on any atom is 0.146 e. The minimum absolute atomic E-state index is 0.234. The number of hydrogen-bond donors (Lipinski definition) is 1. The molecule has 0 unspecified atom stereocenters. The van der Waals surface area contributed by atoms with Gasteiger partial charge < -0.3 is 10.0 Å². The van der Waals surface area contributed by atoms with Crippen molar-refractivity contribution in [3.63, 3.8) is 0 Å². The van der Waals surface area contributed by atoms with Crippen LogP contribution in [0.3, 0.4) is 0 Å². The molecule has 0 radical (unpaired) electrons. The molecule has 1 heterocycles. The second kappa shape index (κ2) is 6.35. The first-order valence-corrected chi connectivity index (χ1v) is 7.06. The van der Waals surface area contributed by atoms with Gasteiger partial charge in [-0.05, 0) is 37.6 Å². The van der Waals surface area contributed by atoms with Crippen molar-refractivity contribution in [2.75, 3.05) is 37.6 Å². The molecule has 2 rings (SSSR count). The normalized spacial score (nSPS) is 18.6. The quantitative estimate of drug-likeness (QED) is 0.906. The van der Waals surface area contributed by atoms with E-state index in [0.717, 1.165) is 39.1 Å².